The molecule has 0 saturated carbocycles. The maximum atomic E-state index is 12.2. The Hall–Kier alpha value is -3.19. The number of nitrogens with zero attached hydrogens (tertiary/aromatic N) is 1. The first-order valence-electron chi connectivity index (χ1n) is 7.66. The van der Waals surface area contributed by atoms with Gasteiger partial charge < -0.3 is 5.32 Å². The van der Waals surface area contributed by atoms with Gasteiger partial charge in [0.2, 0.25) is 0 Å². The van der Waals surface area contributed by atoms with Gasteiger partial charge in [-0.3, -0.25) is 20.7 Å². The van der Waals surface area contributed by atoms with Crippen molar-refractivity contribution >= 4 is 28.9 Å². The second kappa shape index (κ2) is 7.59. The Morgan fingerprint density at radius 3 is 2.48 bits per heavy atom. The highest BCUT2D eigenvalue weighted by molar-refractivity contribution is 7.80. The van der Waals surface area contributed by atoms with Gasteiger partial charge in [-0.25, -0.2) is 0 Å². The molecular weight excluding hydrogens is 334 g/mol. The van der Waals surface area contributed by atoms with Gasteiger partial charge in [0.1, 0.15) is 5.69 Å². The molecule has 3 rings (SSSR count). The van der Waals surface area contributed by atoms with Crippen LogP contribution >= 0.6 is 12.2 Å². The van der Waals surface area contributed by atoms with Gasteiger partial charge in [0.15, 0.2) is 5.11 Å². The summed E-state index contributed by atoms with van der Waals surface area (Å²) in [5.41, 5.74) is 9.17. The molecule has 6 nitrogen and oxygen atoms in total. The van der Waals surface area contributed by atoms with Crippen LogP contribution < -0.4 is 16.2 Å². The highest BCUT2D eigenvalue weighted by Crippen LogP contribution is 2.18. The van der Waals surface area contributed by atoms with E-state index in [9.17, 15) is 4.79 Å². The molecule has 1 amide bonds. The molecule has 0 radical (unpaired) electrons. The standard InChI is InChI=1S/C18H17N5OS/c1-12-7-9-13(10-8-12)15-11-16(21-20-15)17(24)22-23-18(25)19-14-5-3-2-4-6-14/h2-11H,1H3,(H,20,21)(H,22,24)(H2,19,23,25). The van der Waals surface area contributed by atoms with Crippen LogP contribution in [0.2, 0.25) is 0 Å². The average Bonchev–Trinajstić information content (AvgIpc) is 3.11. The van der Waals surface area contributed by atoms with Gasteiger partial charge in [0, 0.05) is 11.3 Å². The third-order valence-corrected chi connectivity index (χ3v) is 3.70. The summed E-state index contributed by atoms with van der Waals surface area (Å²) in [6, 6.07) is 19.0. The predicted molar refractivity (Wildman–Crippen MR) is 102 cm³/mol. The lowest BCUT2D eigenvalue weighted by molar-refractivity contribution is 0.0939. The Kier molecular flexibility index (Phi) is 5.06. The zero-order chi connectivity index (χ0) is 17.6. The number of aryl methyl sites for hydroxylation is 1. The summed E-state index contributed by atoms with van der Waals surface area (Å²) < 4.78 is 0. The number of amides is 1. The molecule has 1 heterocycles. The quantitative estimate of drug-likeness (QED) is 0.431. The second-order valence-corrected chi connectivity index (χ2v) is 5.84. The first-order valence-corrected chi connectivity index (χ1v) is 8.07. The topological polar surface area (TPSA) is 81.8 Å². The lowest BCUT2D eigenvalue weighted by atomic mass is 10.1. The minimum atomic E-state index is -0.358. The van der Waals surface area contributed by atoms with E-state index in [-0.39, 0.29) is 11.0 Å². The molecule has 3 aromatic rings. The van der Waals surface area contributed by atoms with E-state index in [2.05, 4.69) is 26.4 Å². The van der Waals surface area contributed by atoms with Crippen LogP contribution in [-0.4, -0.2) is 21.2 Å². The number of hydrogen-bond donors (Lipinski definition) is 4. The van der Waals surface area contributed by atoms with Crippen molar-refractivity contribution in [3.63, 3.8) is 0 Å². The number of thiocarbonyl (C=S) groups is 1. The summed E-state index contributed by atoms with van der Waals surface area (Å²) in [6.45, 7) is 2.02. The summed E-state index contributed by atoms with van der Waals surface area (Å²) in [4.78, 5) is 12.2. The van der Waals surface area contributed by atoms with Crippen LogP contribution in [0.15, 0.2) is 60.7 Å². The third-order valence-electron chi connectivity index (χ3n) is 3.49. The molecule has 0 atom stereocenters. The van der Waals surface area contributed by atoms with Crippen molar-refractivity contribution in [1.29, 1.82) is 0 Å². The molecule has 0 spiro atoms. The van der Waals surface area contributed by atoms with Gasteiger partial charge in [-0.15, -0.1) is 0 Å². The average molecular weight is 351 g/mol. The normalized spacial score (nSPS) is 10.1. The molecule has 0 fully saturated rings. The van der Waals surface area contributed by atoms with Crippen LogP contribution in [0.25, 0.3) is 11.3 Å². The Balaban J connectivity index is 1.57. The summed E-state index contributed by atoms with van der Waals surface area (Å²) in [6.07, 6.45) is 0. The number of hydrogen-bond acceptors (Lipinski definition) is 3. The first-order chi connectivity index (χ1) is 12.1. The molecule has 0 aliphatic rings. The van der Waals surface area contributed by atoms with Crippen molar-refractivity contribution in [2.45, 2.75) is 6.92 Å². The van der Waals surface area contributed by atoms with Crippen LogP contribution in [0.1, 0.15) is 16.1 Å². The van der Waals surface area contributed by atoms with Crippen LogP contribution in [0.4, 0.5) is 5.69 Å². The van der Waals surface area contributed by atoms with Crippen LogP contribution in [0.3, 0.4) is 0 Å². The third kappa shape index (κ3) is 4.42. The van der Waals surface area contributed by atoms with Gasteiger partial charge in [-0.05, 0) is 37.3 Å². The van der Waals surface area contributed by atoms with Crippen molar-refractivity contribution in [3.05, 3.63) is 71.9 Å². The molecule has 1 aromatic heterocycles. The van der Waals surface area contributed by atoms with Crippen LogP contribution in [0, 0.1) is 6.92 Å². The van der Waals surface area contributed by atoms with E-state index in [1.165, 1.54) is 5.56 Å². The van der Waals surface area contributed by atoms with E-state index in [0.29, 0.717) is 11.4 Å². The number of anilines is 1. The lowest BCUT2D eigenvalue weighted by Gasteiger charge is -2.10. The molecule has 2 aromatic carbocycles. The Morgan fingerprint density at radius 2 is 1.76 bits per heavy atom. The molecule has 0 unspecified atom stereocenters. The minimum Gasteiger partial charge on any atom is -0.331 e. The zero-order valence-electron chi connectivity index (χ0n) is 13.5. The molecule has 25 heavy (non-hydrogen) atoms. The summed E-state index contributed by atoms with van der Waals surface area (Å²) in [5, 5.41) is 10.2. The highest BCUT2D eigenvalue weighted by Gasteiger charge is 2.11. The number of para-hydroxylation sites is 1. The number of carbonyl (C=O) groups is 1. The number of benzene rings is 2. The zero-order valence-corrected chi connectivity index (χ0v) is 14.4. The van der Waals surface area contributed by atoms with Crippen molar-refractivity contribution in [1.82, 2.24) is 21.0 Å². The summed E-state index contributed by atoms with van der Waals surface area (Å²) in [7, 11) is 0. The van der Waals surface area contributed by atoms with Gasteiger partial charge in [-0.2, -0.15) is 5.10 Å². The van der Waals surface area contributed by atoms with Crippen molar-refractivity contribution < 1.29 is 4.79 Å². The van der Waals surface area contributed by atoms with E-state index in [0.717, 1.165) is 11.3 Å². The van der Waals surface area contributed by atoms with Crippen molar-refractivity contribution in [2.24, 2.45) is 0 Å². The summed E-state index contributed by atoms with van der Waals surface area (Å²) >= 11 is 5.14. The van der Waals surface area contributed by atoms with Crippen molar-refractivity contribution in [3.8, 4) is 11.3 Å². The fraction of sp³-hybridized carbons (Fsp3) is 0.0556. The molecule has 4 N–H and O–H groups in total. The number of nitrogens with one attached hydrogen (secondary N) is 4. The largest absolute Gasteiger partial charge is 0.331 e. The molecule has 0 saturated heterocycles. The molecular formula is C18H17N5OS. The fourth-order valence-electron chi connectivity index (χ4n) is 2.17. The van der Waals surface area contributed by atoms with E-state index in [4.69, 9.17) is 12.2 Å². The first kappa shape index (κ1) is 16.7. The molecule has 7 heteroatoms. The maximum absolute atomic E-state index is 12.2. The Labute approximate surface area is 150 Å². The van der Waals surface area contributed by atoms with Gasteiger partial charge in [-0.1, -0.05) is 48.0 Å². The molecule has 0 aliphatic heterocycles. The number of carbonyl (C=O) groups excluding carboxylic acids is 1. The van der Waals surface area contributed by atoms with Crippen molar-refractivity contribution in [2.75, 3.05) is 5.32 Å². The maximum Gasteiger partial charge on any atom is 0.287 e. The second-order valence-electron chi connectivity index (χ2n) is 5.43. The van der Waals surface area contributed by atoms with E-state index in [1.54, 1.807) is 6.07 Å². The number of H-pyrrole nitrogens is 1. The SMILES string of the molecule is Cc1ccc(-c2cc(C(=O)NNC(=S)Nc3ccccc3)[nH]n2)cc1. The van der Waals surface area contributed by atoms with E-state index >= 15 is 0 Å². The minimum absolute atomic E-state index is 0.290. The lowest BCUT2D eigenvalue weighted by Crippen LogP contribution is -2.43. The summed E-state index contributed by atoms with van der Waals surface area (Å²) in [5.74, 6) is -0.358. The number of aromatic nitrogens is 2. The van der Waals surface area contributed by atoms with Crippen LogP contribution in [-0.2, 0) is 0 Å². The van der Waals surface area contributed by atoms with Gasteiger partial charge in [0.25, 0.3) is 5.91 Å². The van der Waals surface area contributed by atoms with Crippen LogP contribution in [0.5, 0.6) is 0 Å². The monoisotopic (exact) mass is 351 g/mol. The molecule has 0 bridgehead atoms. The highest BCUT2D eigenvalue weighted by atomic mass is 32.1. The van der Waals surface area contributed by atoms with E-state index in [1.807, 2.05) is 61.5 Å². The fourth-order valence-corrected chi connectivity index (χ4v) is 2.34. The molecule has 0 aliphatic carbocycles. The van der Waals surface area contributed by atoms with E-state index < -0.39 is 0 Å². The number of rotatable bonds is 3. The molecule has 126 valence electrons. The van der Waals surface area contributed by atoms with Gasteiger partial charge >= 0.3 is 0 Å². The Bertz CT molecular complexity index is 874. The smallest absolute Gasteiger partial charge is 0.287 e. The number of hydrazine groups is 1. The number of aromatic amines is 1. The predicted octanol–water partition coefficient (Wildman–Crippen LogP) is 3.02. The Morgan fingerprint density at radius 1 is 1.04 bits per heavy atom. The van der Waals surface area contributed by atoms with Gasteiger partial charge in [0.05, 0.1) is 5.69 Å².